The van der Waals surface area contributed by atoms with Crippen LogP contribution in [0.15, 0.2) is 36.5 Å². The smallest absolute Gasteiger partial charge is 0.393 e. The Bertz CT molecular complexity index is 1360. The van der Waals surface area contributed by atoms with E-state index in [0.717, 1.165) is 50.9 Å². The molecule has 3 aromatic rings. The molecule has 0 radical (unpaired) electrons. The minimum atomic E-state index is -4.65. The predicted octanol–water partition coefficient (Wildman–Crippen LogP) is 3.98. The molecule has 208 valence electrons. The van der Waals surface area contributed by atoms with E-state index in [9.17, 15) is 27.9 Å². The number of aromatic nitrogens is 3. The van der Waals surface area contributed by atoms with Crippen molar-refractivity contribution in [1.82, 2.24) is 24.6 Å². The highest BCUT2D eigenvalue weighted by Crippen LogP contribution is 2.29. The summed E-state index contributed by atoms with van der Waals surface area (Å²) < 4.78 is 40.5. The molecule has 0 unspecified atom stereocenters. The summed E-state index contributed by atoms with van der Waals surface area (Å²) in [5.74, 6) is -0.624. The number of carbonyl (C=O) groups excluding carboxylic acids is 2. The summed E-state index contributed by atoms with van der Waals surface area (Å²) in [7, 11) is 0. The van der Waals surface area contributed by atoms with Crippen molar-refractivity contribution in [3.05, 3.63) is 58.5 Å². The lowest BCUT2D eigenvalue weighted by Gasteiger charge is -2.41. The van der Waals surface area contributed by atoms with Crippen LogP contribution in [-0.2, 0) is 23.9 Å². The van der Waals surface area contributed by atoms with Crippen LogP contribution < -0.4 is 0 Å². The molecule has 4 heterocycles. The van der Waals surface area contributed by atoms with Gasteiger partial charge in [0.05, 0.1) is 11.6 Å². The number of benzene rings is 1. The topological polar surface area (TPSA) is 91.6 Å². The molecule has 8 nitrogen and oxygen atoms in total. The molecular weight excluding hydrogens is 535 g/mol. The van der Waals surface area contributed by atoms with Gasteiger partial charge in [0.25, 0.3) is 0 Å². The number of alkyl halides is 3. The molecule has 0 saturated carbocycles. The first-order chi connectivity index (χ1) is 18.6. The van der Waals surface area contributed by atoms with Gasteiger partial charge in [-0.1, -0.05) is 17.7 Å². The van der Waals surface area contributed by atoms with Crippen LogP contribution in [0, 0.1) is 0 Å². The van der Waals surface area contributed by atoms with E-state index in [2.05, 4.69) is 15.0 Å². The van der Waals surface area contributed by atoms with Gasteiger partial charge in [-0.2, -0.15) is 18.3 Å². The number of fused-ring (bicyclic) bond motifs is 1. The number of amides is 1. The van der Waals surface area contributed by atoms with Crippen molar-refractivity contribution in [2.45, 2.75) is 57.0 Å². The average Bonchev–Trinajstić information content (AvgIpc) is 3.29. The van der Waals surface area contributed by atoms with E-state index in [1.807, 2.05) is 4.90 Å². The Hall–Kier alpha value is -3.02. The fourth-order valence-electron chi connectivity index (χ4n) is 5.34. The molecule has 0 atom stereocenters. The zero-order valence-corrected chi connectivity index (χ0v) is 22.0. The number of nitrogens with zero attached hydrogens (tertiary/aromatic N) is 5. The molecule has 2 aromatic heterocycles. The maximum atomic E-state index is 13.0. The fourth-order valence-corrected chi connectivity index (χ4v) is 5.57. The van der Waals surface area contributed by atoms with Gasteiger partial charge in [-0.3, -0.25) is 14.3 Å². The van der Waals surface area contributed by atoms with E-state index in [1.54, 1.807) is 23.0 Å². The van der Waals surface area contributed by atoms with E-state index >= 15 is 0 Å². The van der Waals surface area contributed by atoms with Crippen molar-refractivity contribution < 1.29 is 27.9 Å². The van der Waals surface area contributed by atoms with Crippen molar-refractivity contribution in [2.24, 2.45) is 0 Å². The zero-order chi connectivity index (χ0) is 27.7. The molecule has 0 bridgehead atoms. The van der Waals surface area contributed by atoms with Crippen molar-refractivity contribution in [1.29, 1.82) is 0 Å². The van der Waals surface area contributed by atoms with Crippen LogP contribution in [0.2, 0.25) is 5.02 Å². The second-order valence-electron chi connectivity index (χ2n) is 10.2. The third-order valence-corrected chi connectivity index (χ3v) is 7.88. The highest BCUT2D eigenvalue weighted by molar-refractivity contribution is 6.32. The first kappa shape index (κ1) is 27.5. The number of carbonyl (C=O) groups is 2. The van der Waals surface area contributed by atoms with Crippen molar-refractivity contribution in [3.63, 3.8) is 0 Å². The molecule has 2 aliphatic rings. The van der Waals surface area contributed by atoms with Crippen LogP contribution in [0.4, 0.5) is 13.2 Å². The van der Waals surface area contributed by atoms with Gasteiger partial charge < -0.3 is 14.9 Å². The van der Waals surface area contributed by atoms with E-state index in [0.29, 0.717) is 35.6 Å². The van der Waals surface area contributed by atoms with Crippen LogP contribution in [0.3, 0.4) is 0 Å². The lowest BCUT2D eigenvalue weighted by atomic mass is 9.99. The quantitative estimate of drug-likeness (QED) is 0.456. The number of Topliss-reactive ketones (excluding diaryl/α,β-unsaturated/α-hetero) is 1. The molecule has 1 amide bonds. The summed E-state index contributed by atoms with van der Waals surface area (Å²) in [5.41, 5.74) is -0.431. The Balaban J connectivity index is 1.21. The monoisotopic (exact) mass is 563 g/mol. The van der Waals surface area contributed by atoms with Gasteiger partial charge in [-0.05, 0) is 55.5 Å². The molecule has 1 aromatic carbocycles. The lowest BCUT2D eigenvalue weighted by molar-refractivity contribution is -0.141. The summed E-state index contributed by atoms with van der Waals surface area (Å²) in [4.78, 5) is 33.4. The number of hydrogen-bond acceptors (Lipinski definition) is 6. The molecule has 1 N–H and O–H groups in total. The van der Waals surface area contributed by atoms with Crippen LogP contribution in [0.1, 0.15) is 47.4 Å². The Labute approximate surface area is 228 Å². The van der Waals surface area contributed by atoms with Crippen LogP contribution in [-0.4, -0.2) is 79.7 Å². The molecule has 0 spiro atoms. The van der Waals surface area contributed by atoms with Crippen LogP contribution in [0.25, 0.3) is 10.9 Å². The van der Waals surface area contributed by atoms with Crippen molar-refractivity contribution in [3.8, 4) is 0 Å². The summed E-state index contributed by atoms with van der Waals surface area (Å²) in [6, 6.07) is 6.89. The van der Waals surface area contributed by atoms with Crippen LogP contribution >= 0.6 is 11.6 Å². The van der Waals surface area contributed by atoms with Gasteiger partial charge in [-0.15, -0.1) is 0 Å². The summed E-state index contributed by atoms with van der Waals surface area (Å²) in [6.45, 7) is 3.20. The van der Waals surface area contributed by atoms with E-state index < -0.39 is 17.7 Å². The number of aliphatic hydroxyl groups is 1. The highest BCUT2D eigenvalue weighted by atomic mass is 35.5. The standard InChI is InChI=1S/C27H29ClF3N5O3/c28-21-14-23-18(12-17(21)13-24(38)22-2-1-3-25(32-22)27(29,30)31)15-36(33-23)16-26(39)35-8-4-19(5-9-35)34-10-6-20(37)7-11-34/h1-3,12,14-15,19-20,37H,4-11,13,16H2. The van der Waals surface area contributed by atoms with E-state index in [4.69, 9.17) is 11.6 Å². The molecular formula is C27H29ClF3N5O3. The Morgan fingerprint density at radius 1 is 1.05 bits per heavy atom. The summed E-state index contributed by atoms with van der Waals surface area (Å²) in [5, 5.41) is 15.1. The normalized spacial score (nSPS) is 18.1. The van der Waals surface area contributed by atoms with Crippen molar-refractivity contribution >= 4 is 34.2 Å². The van der Waals surface area contributed by atoms with Gasteiger partial charge in [-0.25, -0.2) is 4.98 Å². The number of piperidine rings is 2. The zero-order valence-electron chi connectivity index (χ0n) is 21.2. The number of rotatable bonds is 6. The maximum absolute atomic E-state index is 13.0. The number of likely N-dealkylation sites (tertiary alicyclic amines) is 2. The van der Waals surface area contributed by atoms with Gasteiger partial charge in [0, 0.05) is 55.2 Å². The van der Waals surface area contributed by atoms with E-state index in [1.165, 1.54) is 6.07 Å². The van der Waals surface area contributed by atoms with Crippen molar-refractivity contribution in [2.75, 3.05) is 26.2 Å². The minimum absolute atomic E-state index is 0.0348. The molecule has 39 heavy (non-hydrogen) atoms. The molecule has 0 aliphatic carbocycles. The average molecular weight is 564 g/mol. The second-order valence-corrected chi connectivity index (χ2v) is 10.6. The molecule has 2 fully saturated rings. The Morgan fingerprint density at radius 3 is 2.46 bits per heavy atom. The third kappa shape index (κ3) is 6.42. The van der Waals surface area contributed by atoms with Gasteiger partial charge in [0.15, 0.2) is 5.78 Å². The fraction of sp³-hybridized carbons (Fsp3) is 0.481. The summed E-state index contributed by atoms with van der Waals surface area (Å²) in [6.07, 6.45) is 0.0256. The maximum Gasteiger partial charge on any atom is 0.433 e. The summed E-state index contributed by atoms with van der Waals surface area (Å²) >= 11 is 6.37. The third-order valence-electron chi connectivity index (χ3n) is 7.53. The Morgan fingerprint density at radius 2 is 1.77 bits per heavy atom. The number of pyridine rings is 1. The first-order valence-corrected chi connectivity index (χ1v) is 13.4. The molecule has 5 rings (SSSR count). The largest absolute Gasteiger partial charge is 0.433 e. The highest BCUT2D eigenvalue weighted by Gasteiger charge is 2.33. The number of halogens is 4. The van der Waals surface area contributed by atoms with Gasteiger partial charge in [0.2, 0.25) is 5.91 Å². The molecule has 2 saturated heterocycles. The number of aliphatic hydroxyl groups excluding tert-OH is 1. The second kappa shape index (κ2) is 11.2. The van der Waals surface area contributed by atoms with E-state index in [-0.39, 0.29) is 35.7 Å². The predicted molar refractivity (Wildman–Crippen MR) is 138 cm³/mol. The van der Waals surface area contributed by atoms with Gasteiger partial charge in [0.1, 0.15) is 17.9 Å². The molecule has 12 heteroatoms. The Kier molecular flexibility index (Phi) is 7.93. The SMILES string of the molecule is O=C(Cc1cc2cn(CC(=O)N3CCC(N4CCC(O)CC4)CC3)nc2cc1Cl)c1cccc(C(F)(F)F)n1. The first-order valence-electron chi connectivity index (χ1n) is 13.0. The van der Waals surface area contributed by atoms with Gasteiger partial charge >= 0.3 is 6.18 Å². The number of hydrogen-bond donors (Lipinski definition) is 1. The molecule has 2 aliphatic heterocycles. The number of ketones is 1. The minimum Gasteiger partial charge on any atom is -0.393 e. The lowest BCUT2D eigenvalue weighted by Crippen LogP contribution is -2.50. The van der Waals surface area contributed by atoms with Crippen LogP contribution in [0.5, 0.6) is 0 Å².